The molecule has 0 fully saturated rings. The number of hydrogen-bond acceptors (Lipinski definition) is 5. The molecule has 0 radical (unpaired) electrons. The third-order valence-corrected chi connectivity index (χ3v) is 4.14. The van der Waals surface area contributed by atoms with Gasteiger partial charge < -0.3 is 14.8 Å². The number of aldehydes is 1. The average molecular weight is 358 g/mol. The topological polar surface area (TPSA) is 59.9 Å². The van der Waals surface area contributed by atoms with Gasteiger partial charge in [0.25, 0.3) is 6.02 Å². The number of hydrogen-bond donors (Lipinski definition) is 1. The summed E-state index contributed by atoms with van der Waals surface area (Å²) >= 11 is 0. The number of nitrogens with zero attached hydrogens (tertiary/aromatic N) is 1. The van der Waals surface area contributed by atoms with E-state index in [0.717, 1.165) is 34.5 Å². The van der Waals surface area contributed by atoms with Gasteiger partial charge in [-0.3, -0.25) is 4.79 Å². The van der Waals surface area contributed by atoms with Crippen LogP contribution in [0.15, 0.2) is 77.8 Å². The van der Waals surface area contributed by atoms with Crippen molar-refractivity contribution in [1.82, 2.24) is 0 Å². The summed E-state index contributed by atoms with van der Waals surface area (Å²) in [4.78, 5) is 15.9. The molecule has 0 amide bonds. The molecule has 1 aliphatic heterocycles. The molecule has 4 rings (SSSR count). The minimum atomic E-state index is -0.677. The van der Waals surface area contributed by atoms with Crippen LogP contribution in [0.2, 0.25) is 0 Å². The molecule has 1 heterocycles. The number of rotatable bonds is 4. The molecule has 1 N–H and O–H groups in total. The maximum atomic E-state index is 11.4. The van der Waals surface area contributed by atoms with Gasteiger partial charge in [0.15, 0.2) is 12.4 Å². The van der Waals surface area contributed by atoms with Crippen LogP contribution in [0.1, 0.15) is 17.2 Å². The van der Waals surface area contributed by atoms with Crippen LogP contribution in [0.5, 0.6) is 11.5 Å². The smallest absolute Gasteiger partial charge is 0.295 e. The molecule has 0 saturated carbocycles. The normalized spacial score (nSPS) is 15.1. The highest BCUT2D eigenvalue weighted by Crippen LogP contribution is 2.33. The summed E-state index contributed by atoms with van der Waals surface area (Å²) < 4.78 is 11.5. The number of nitrogens with one attached hydrogen (secondary N) is 1. The Morgan fingerprint density at radius 3 is 2.63 bits per heavy atom. The van der Waals surface area contributed by atoms with E-state index in [4.69, 9.17) is 9.47 Å². The Labute approximate surface area is 157 Å². The molecule has 0 aromatic heterocycles. The lowest BCUT2D eigenvalue weighted by molar-refractivity contribution is -0.114. The Hall–Kier alpha value is -3.60. The third-order valence-electron chi connectivity index (χ3n) is 4.14. The van der Waals surface area contributed by atoms with Gasteiger partial charge in [0.05, 0.1) is 5.69 Å². The molecule has 0 saturated heterocycles. The monoisotopic (exact) mass is 358 g/mol. The first-order valence-electron chi connectivity index (χ1n) is 8.62. The van der Waals surface area contributed by atoms with Gasteiger partial charge in [-0.2, -0.15) is 4.99 Å². The molecule has 1 atom stereocenters. The molecule has 1 unspecified atom stereocenters. The first kappa shape index (κ1) is 16.8. The highest BCUT2D eigenvalue weighted by atomic mass is 16.5. The number of para-hydroxylation sites is 1. The van der Waals surface area contributed by atoms with Gasteiger partial charge in [-0.15, -0.1) is 0 Å². The SMILES string of the molecule is Cc1ccc2c(c1)N=C(Nc1cccc(Oc3ccccc3)c1)OC2C=O. The van der Waals surface area contributed by atoms with Crippen LogP contribution in [-0.4, -0.2) is 12.3 Å². The number of aliphatic imine (C=N–C) groups is 1. The fraction of sp³-hybridized carbons (Fsp3) is 0.0909. The zero-order chi connectivity index (χ0) is 18.6. The van der Waals surface area contributed by atoms with E-state index < -0.39 is 6.10 Å². The van der Waals surface area contributed by atoms with Crippen molar-refractivity contribution in [2.24, 2.45) is 4.99 Å². The van der Waals surface area contributed by atoms with E-state index in [1.807, 2.05) is 79.7 Å². The van der Waals surface area contributed by atoms with Crippen molar-refractivity contribution in [1.29, 1.82) is 0 Å². The fourth-order valence-corrected chi connectivity index (χ4v) is 2.85. The Balaban J connectivity index is 1.57. The molecule has 5 nitrogen and oxygen atoms in total. The van der Waals surface area contributed by atoms with Gasteiger partial charge in [-0.25, -0.2) is 0 Å². The summed E-state index contributed by atoms with van der Waals surface area (Å²) in [5, 5.41) is 3.12. The number of anilines is 1. The van der Waals surface area contributed by atoms with Gasteiger partial charge in [0.1, 0.15) is 11.5 Å². The lowest BCUT2D eigenvalue weighted by Crippen LogP contribution is -2.23. The molecule has 1 aliphatic rings. The predicted molar refractivity (Wildman–Crippen MR) is 105 cm³/mol. The second kappa shape index (κ2) is 7.33. The minimum Gasteiger partial charge on any atom is -0.457 e. The first-order valence-corrected chi connectivity index (χ1v) is 8.62. The van der Waals surface area contributed by atoms with Gasteiger partial charge in [-0.05, 0) is 42.8 Å². The fourth-order valence-electron chi connectivity index (χ4n) is 2.85. The second-order valence-corrected chi connectivity index (χ2v) is 6.22. The maximum Gasteiger partial charge on any atom is 0.295 e. The number of amidine groups is 1. The molecular formula is C22H18N2O3. The summed E-state index contributed by atoms with van der Waals surface area (Å²) in [7, 11) is 0. The summed E-state index contributed by atoms with van der Waals surface area (Å²) in [6.45, 7) is 1.98. The molecule has 3 aromatic rings. The van der Waals surface area contributed by atoms with Crippen molar-refractivity contribution in [2.45, 2.75) is 13.0 Å². The zero-order valence-corrected chi connectivity index (χ0v) is 14.8. The maximum absolute atomic E-state index is 11.4. The van der Waals surface area contributed by atoms with Crippen molar-refractivity contribution in [3.63, 3.8) is 0 Å². The molecule has 3 aromatic carbocycles. The number of carbonyl (C=O) groups is 1. The Morgan fingerprint density at radius 1 is 1.00 bits per heavy atom. The van der Waals surface area contributed by atoms with Crippen molar-refractivity contribution >= 4 is 23.7 Å². The molecule has 0 spiro atoms. The van der Waals surface area contributed by atoms with Crippen molar-refractivity contribution in [2.75, 3.05) is 5.32 Å². The van der Waals surface area contributed by atoms with Crippen LogP contribution in [0.4, 0.5) is 11.4 Å². The van der Waals surface area contributed by atoms with Crippen LogP contribution in [0, 0.1) is 6.92 Å². The van der Waals surface area contributed by atoms with E-state index in [2.05, 4.69) is 10.3 Å². The predicted octanol–water partition coefficient (Wildman–Crippen LogP) is 5.16. The number of aryl methyl sites for hydroxylation is 1. The van der Waals surface area contributed by atoms with Crippen LogP contribution < -0.4 is 10.1 Å². The van der Waals surface area contributed by atoms with E-state index in [0.29, 0.717) is 5.75 Å². The molecule has 27 heavy (non-hydrogen) atoms. The first-order chi connectivity index (χ1) is 13.2. The summed E-state index contributed by atoms with van der Waals surface area (Å²) in [6, 6.07) is 23.1. The minimum absolute atomic E-state index is 0.280. The van der Waals surface area contributed by atoms with Gasteiger partial charge in [0.2, 0.25) is 0 Å². The third kappa shape index (κ3) is 3.82. The van der Waals surface area contributed by atoms with E-state index >= 15 is 0 Å². The van der Waals surface area contributed by atoms with E-state index in [-0.39, 0.29) is 6.02 Å². The van der Waals surface area contributed by atoms with E-state index in [1.165, 1.54) is 0 Å². The lowest BCUT2D eigenvalue weighted by atomic mass is 10.0. The summed E-state index contributed by atoms with van der Waals surface area (Å²) in [5.41, 5.74) is 3.32. The summed E-state index contributed by atoms with van der Waals surface area (Å²) in [5.74, 6) is 1.44. The van der Waals surface area contributed by atoms with Crippen LogP contribution in [0.25, 0.3) is 0 Å². The molecule has 0 bridgehead atoms. The lowest BCUT2D eigenvalue weighted by Gasteiger charge is -2.23. The van der Waals surface area contributed by atoms with Crippen molar-refractivity contribution in [3.8, 4) is 11.5 Å². The summed E-state index contributed by atoms with van der Waals surface area (Å²) in [6.07, 6.45) is 0.101. The van der Waals surface area contributed by atoms with Crippen molar-refractivity contribution < 1.29 is 14.3 Å². The quantitative estimate of drug-likeness (QED) is 0.655. The van der Waals surface area contributed by atoms with E-state index in [1.54, 1.807) is 0 Å². The largest absolute Gasteiger partial charge is 0.457 e. The van der Waals surface area contributed by atoms with Crippen LogP contribution in [0.3, 0.4) is 0 Å². The number of fused-ring (bicyclic) bond motifs is 1. The number of ether oxygens (including phenoxy) is 2. The molecule has 134 valence electrons. The number of benzene rings is 3. The standard InChI is InChI=1S/C22H18N2O3/c1-15-10-11-19-20(12-15)24-22(27-21(19)14-25)23-16-6-5-9-18(13-16)26-17-7-3-2-4-8-17/h2-14,21H,1H3,(H,23,24). The molecule has 5 heteroatoms. The van der Waals surface area contributed by atoms with Gasteiger partial charge in [-0.1, -0.05) is 36.4 Å². The highest BCUT2D eigenvalue weighted by Gasteiger charge is 2.23. The van der Waals surface area contributed by atoms with E-state index in [9.17, 15) is 4.79 Å². The molecular weight excluding hydrogens is 340 g/mol. The second-order valence-electron chi connectivity index (χ2n) is 6.22. The van der Waals surface area contributed by atoms with Gasteiger partial charge >= 0.3 is 0 Å². The Bertz CT molecular complexity index is 999. The van der Waals surface area contributed by atoms with Gasteiger partial charge in [0, 0.05) is 17.3 Å². The highest BCUT2D eigenvalue weighted by molar-refractivity contribution is 5.94. The molecule has 0 aliphatic carbocycles. The van der Waals surface area contributed by atoms with Crippen LogP contribution in [-0.2, 0) is 9.53 Å². The average Bonchev–Trinajstić information content (AvgIpc) is 2.68. The number of carbonyl (C=O) groups excluding carboxylic acids is 1. The van der Waals surface area contributed by atoms with Crippen molar-refractivity contribution in [3.05, 3.63) is 83.9 Å². The Kier molecular flexibility index (Phi) is 4.58. The van der Waals surface area contributed by atoms with Crippen LogP contribution >= 0.6 is 0 Å². The Morgan fingerprint density at radius 2 is 1.81 bits per heavy atom. The zero-order valence-electron chi connectivity index (χ0n) is 14.8.